The van der Waals surface area contributed by atoms with Gasteiger partial charge in [-0.2, -0.15) is 13.2 Å². The Hall–Kier alpha value is -2.50. The lowest BCUT2D eigenvalue weighted by molar-refractivity contribution is -0.137. The number of nitrogens with zero attached hydrogens (tertiary/aromatic N) is 3. The molecule has 0 fully saturated rings. The van der Waals surface area contributed by atoms with Crippen molar-refractivity contribution in [1.29, 1.82) is 0 Å². The van der Waals surface area contributed by atoms with E-state index in [4.69, 9.17) is 0 Å². The van der Waals surface area contributed by atoms with Gasteiger partial charge in [0.25, 0.3) is 5.91 Å². The molecule has 178 valence electrons. The highest BCUT2D eigenvalue weighted by atomic mass is 32.2. The van der Waals surface area contributed by atoms with Crippen molar-refractivity contribution in [2.75, 3.05) is 37.3 Å². The van der Waals surface area contributed by atoms with Crippen LogP contribution in [0.5, 0.6) is 0 Å². The Balaban J connectivity index is 2.03. The third-order valence-corrected chi connectivity index (χ3v) is 7.38. The zero-order chi connectivity index (χ0) is 24.4. The quantitative estimate of drug-likeness (QED) is 0.449. The van der Waals surface area contributed by atoms with Crippen LogP contribution in [0, 0.1) is 0 Å². The molecule has 11 heteroatoms. The summed E-state index contributed by atoms with van der Waals surface area (Å²) in [6.07, 6.45) is -3.47. The van der Waals surface area contributed by atoms with Gasteiger partial charge in [-0.15, -0.1) is 0 Å². The maximum absolute atomic E-state index is 13.3. The van der Waals surface area contributed by atoms with Gasteiger partial charge in [0.15, 0.2) is 15.0 Å². The number of carbonyl (C=O) groups is 1. The van der Waals surface area contributed by atoms with Gasteiger partial charge in [-0.1, -0.05) is 31.3 Å². The summed E-state index contributed by atoms with van der Waals surface area (Å²) in [4.78, 5) is 21.4. The molecule has 0 bridgehead atoms. The molecule has 0 saturated carbocycles. The summed E-state index contributed by atoms with van der Waals surface area (Å²) >= 11 is 1.12. The van der Waals surface area contributed by atoms with E-state index in [2.05, 4.69) is 9.88 Å². The molecule has 6 nitrogen and oxygen atoms in total. The number of thiazole rings is 1. The second-order valence-electron chi connectivity index (χ2n) is 7.46. The second kappa shape index (κ2) is 9.78. The Bertz CT molecular complexity index is 1250. The predicted octanol–water partition coefficient (Wildman–Crippen LogP) is 4.71. The van der Waals surface area contributed by atoms with Crippen LogP contribution in [0.3, 0.4) is 0 Å². The number of amides is 1. The molecule has 0 radical (unpaired) electrons. The van der Waals surface area contributed by atoms with E-state index in [0.717, 1.165) is 42.8 Å². The van der Waals surface area contributed by atoms with Gasteiger partial charge in [-0.3, -0.25) is 9.69 Å². The van der Waals surface area contributed by atoms with Gasteiger partial charge in [-0.25, -0.2) is 13.4 Å². The Morgan fingerprint density at radius 1 is 1.06 bits per heavy atom. The first kappa shape index (κ1) is 25.1. The molecule has 0 aliphatic carbocycles. The Morgan fingerprint density at radius 2 is 1.76 bits per heavy atom. The van der Waals surface area contributed by atoms with Gasteiger partial charge >= 0.3 is 6.18 Å². The van der Waals surface area contributed by atoms with Crippen molar-refractivity contribution in [3.8, 4) is 0 Å². The summed E-state index contributed by atoms with van der Waals surface area (Å²) in [5.41, 5.74) is -0.494. The normalized spacial score (nSPS) is 12.5. The average molecular weight is 500 g/mol. The van der Waals surface area contributed by atoms with Gasteiger partial charge in [0.2, 0.25) is 0 Å². The first-order valence-corrected chi connectivity index (χ1v) is 13.0. The average Bonchev–Trinajstić information content (AvgIpc) is 3.18. The number of benzene rings is 2. The van der Waals surface area contributed by atoms with Gasteiger partial charge in [0.1, 0.15) is 0 Å². The van der Waals surface area contributed by atoms with Crippen molar-refractivity contribution < 1.29 is 26.4 Å². The maximum Gasteiger partial charge on any atom is 0.416 e. The first-order chi connectivity index (χ1) is 15.4. The van der Waals surface area contributed by atoms with E-state index in [-0.39, 0.29) is 17.0 Å². The summed E-state index contributed by atoms with van der Waals surface area (Å²) in [5.74, 6) is -0.601. The third-order valence-electron chi connectivity index (χ3n) is 5.22. The fourth-order valence-electron chi connectivity index (χ4n) is 3.29. The molecule has 1 amide bonds. The predicted molar refractivity (Wildman–Crippen MR) is 124 cm³/mol. The highest BCUT2D eigenvalue weighted by Crippen LogP contribution is 2.33. The second-order valence-corrected chi connectivity index (χ2v) is 10.5. The monoisotopic (exact) mass is 499 g/mol. The Morgan fingerprint density at radius 3 is 2.36 bits per heavy atom. The highest BCUT2D eigenvalue weighted by molar-refractivity contribution is 7.90. The molecule has 3 aromatic rings. The SMILES string of the molecule is CCN(CC)CCN(C(=O)c1cccc(C(F)(F)F)c1)c1nc2ccc(S(C)(=O)=O)cc2s1. The zero-order valence-corrected chi connectivity index (χ0v) is 20.0. The molecule has 3 rings (SSSR count). The van der Waals surface area contributed by atoms with Crippen molar-refractivity contribution in [3.05, 3.63) is 53.6 Å². The summed E-state index contributed by atoms with van der Waals surface area (Å²) in [7, 11) is -3.43. The smallest absolute Gasteiger partial charge is 0.302 e. The summed E-state index contributed by atoms with van der Waals surface area (Å²) in [5, 5.41) is 0.296. The van der Waals surface area contributed by atoms with E-state index in [1.54, 1.807) is 6.07 Å². The molecule has 0 atom stereocenters. The van der Waals surface area contributed by atoms with Crippen molar-refractivity contribution in [2.24, 2.45) is 0 Å². The number of sulfone groups is 1. The summed E-state index contributed by atoms with van der Waals surface area (Å²) in [6, 6.07) is 8.79. The molecule has 0 aliphatic heterocycles. The number of fused-ring (bicyclic) bond motifs is 1. The number of carbonyl (C=O) groups excluding carboxylic acids is 1. The molecule has 0 unspecified atom stereocenters. The molecule has 2 aromatic carbocycles. The topological polar surface area (TPSA) is 70.6 Å². The minimum absolute atomic E-state index is 0.0968. The molecule has 0 saturated heterocycles. The molecule has 1 heterocycles. The number of alkyl halides is 3. The standard InChI is InChI=1S/C22H24F3N3O3S2/c1-4-27(5-2)11-12-28(20(29)15-7-6-8-16(13-15)22(23,24)25)21-26-18-10-9-17(33(3,30)31)14-19(18)32-21/h6-10,13-14H,4-5,11-12H2,1-3H3. The molecule has 33 heavy (non-hydrogen) atoms. The number of halogens is 3. The van der Waals surface area contributed by atoms with Crippen LogP contribution >= 0.6 is 11.3 Å². The van der Waals surface area contributed by atoms with Crippen LogP contribution in [0.2, 0.25) is 0 Å². The maximum atomic E-state index is 13.3. The van der Waals surface area contributed by atoms with Crippen LogP contribution in [0.4, 0.5) is 18.3 Å². The lowest BCUT2D eigenvalue weighted by Crippen LogP contribution is -2.39. The number of hydrogen-bond acceptors (Lipinski definition) is 6. The summed E-state index contributed by atoms with van der Waals surface area (Å²) < 4.78 is 63.9. The van der Waals surface area contributed by atoms with Crippen LogP contribution in [0.15, 0.2) is 47.4 Å². The summed E-state index contributed by atoms with van der Waals surface area (Å²) in [6.45, 7) is 6.18. The lowest BCUT2D eigenvalue weighted by atomic mass is 10.1. The minimum atomic E-state index is -4.57. The molecule has 0 aliphatic rings. The molecule has 0 N–H and O–H groups in total. The number of likely N-dealkylation sites (N-methyl/N-ethyl adjacent to an activating group) is 1. The van der Waals surface area contributed by atoms with E-state index in [1.807, 2.05) is 13.8 Å². The van der Waals surface area contributed by atoms with Crippen LogP contribution in [0.25, 0.3) is 10.2 Å². The van der Waals surface area contributed by atoms with Gasteiger partial charge in [0.05, 0.1) is 20.7 Å². The Labute approximate surface area is 194 Å². The highest BCUT2D eigenvalue weighted by Gasteiger charge is 2.32. The van der Waals surface area contributed by atoms with Gasteiger partial charge in [0, 0.05) is 24.9 Å². The van der Waals surface area contributed by atoms with Crippen LogP contribution in [-0.2, 0) is 16.0 Å². The third kappa shape index (κ3) is 5.90. The number of aromatic nitrogens is 1. The molecular formula is C22H24F3N3O3S2. The molecule has 1 aromatic heterocycles. The largest absolute Gasteiger partial charge is 0.416 e. The van der Waals surface area contributed by atoms with E-state index in [9.17, 15) is 26.4 Å². The number of anilines is 1. The lowest BCUT2D eigenvalue weighted by Gasteiger charge is -2.25. The van der Waals surface area contributed by atoms with Gasteiger partial charge < -0.3 is 4.90 Å². The van der Waals surface area contributed by atoms with Crippen molar-refractivity contribution in [1.82, 2.24) is 9.88 Å². The number of hydrogen-bond donors (Lipinski definition) is 0. The van der Waals surface area contributed by atoms with Gasteiger partial charge in [-0.05, 0) is 49.5 Å². The fraction of sp³-hybridized carbons (Fsp3) is 0.364. The van der Waals surface area contributed by atoms with Crippen LogP contribution in [0.1, 0.15) is 29.8 Å². The molecular weight excluding hydrogens is 475 g/mol. The molecule has 0 spiro atoms. The van der Waals surface area contributed by atoms with Crippen LogP contribution < -0.4 is 4.90 Å². The minimum Gasteiger partial charge on any atom is -0.302 e. The number of rotatable bonds is 8. The van der Waals surface area contributed by atoms with Crippen molar-refractivity contribution >= 4 is 42.4 Å². The Kier molecular flexibility index (Phi) is 7.45. The van der Waals surface area contributed by atoms with E-state index < -0.39 is 27.5 Å². The van der Waals surface area contributed by atoms with E-state index in [1.165, 1.54) is 29.2 Å². The van der Waals surface area contributed by atoms with E-state index in [0.29, 0.717) is 21.9 Å². The van der Waals surface area contributed by atoms with Crippen molar-refractivity contribution in [2.45, 2.75) is 24.9 Å². The van der Waals surface area contributed by atoms with E-state index >= 15 is 0 Å². The van der Waals surface area contributed by atoms with Crippen molar-refractivity contribution in [3.63, 3.8) is 0 Å². The zero-order valence-electron chi connectivity index (χ0n) is 18.4. The first-order valence-electron chi connectivity index (χ1n) is 10.3. The van der Waals surface area contributed by atoms with Crippen LogP contribution in [-0.4, -0.2) is 56.6 Å². The fourth-order valence-corrected chi connectivity index (χ4v) is 5.04.